The van der Waals surface area contributed by atoms with Crippen molar-refractivity contribution in [2.75, 3.05) is 5.32 Å². The lowest BCUT2D eigenvalue weighted by Crippen LogP contribution is -2.14. The number of carbonyl (C=O) groups is 1. The van der Waals surface area contributed by atoms with Crippen LogP contribution in [-0.4, -0.2) is 20.8 Å². The van der Waals surface area contributed by atoms with Crippen molar-refractivity contribution in [2.45, 2.75) is 0 Å². The van der Waals surface area contributed by atoms with Crippen molar-refractivity contribution in [2.24, 2.45) is 0 Å². The molecule has 7 nitrogen and oxygen atoms in total. The summed E-state index contributed by atoms with van der Waals surface area (Å²) in [4.78, 5) is 29.5. The summed E-state index contributed by atoms with van der Waals surface area (Å²) in [5, 5.41) is 13.3. The van der Waals surface area contributed by atoms with Crippen LogP contribution in [0.4, 0.5) is 11.4 Å². The summed E-state index contributed by atoms with van der Waals surface area (Å²) in [5.74, 6) is -0.599. The highest BCUT2D eigenvalue weighted by Crippen LogP contribution is 2.23. The fourth-order valence-electron chi connectivity index (χ4n) is 1.35. The number of halogens is 1. The number of hydrogen-bond acceptors (Lipinski definition) is 5. The minimum absolute atomic E-state index is 0.0163. The molecule has 0 radical (unpaired) electrons. The van der Waals surface area contributed by atoms with Crippen LogP contribution in [0.3, 0.4) is 0 Å². The van der Waals surface area contributed by atoms with Gasteiger partial charge < -0.3 is 5.32 Å². The zero-order chi connectivity index (χ0) is 13.8. The molecule has 0 spiro atoms. The molecule has 2 rings (SSSR count). The van der Waals surface area contributed by atoms with Crippen LogP contribution in [0.1, 0.15) is 10.5 Å². The molecule has 2 aromatic rings. The van der Waals surface area contributed by atoms with E-state index in [1.165, 1.54) is 30.6 Å². The molecule has 0 fully saturated rings. The lowest BCUT2D eigenvalue weighted by Gasteiger charge is -2.04. The maximum absolute atomic E-state index is 11.8. The van der Waals surface area contributed by atoms with Crippen LogP contribution in [-0.2, 0) is 0 Å². The Labute approximate surface area is 112 Å². The highest BCUT2D eigenvalue weighted by molar-refractivity contribution is 6.29. The molecule has 0 unspecified atom stereocenters. The Kier molecular flexibility index (Phi) is 3.67. The van der Waals surface area contributed by atoms with E-state index in [1.54, 1.807) is 6.07 Å². The molecule has 0 atom stereocenters. The van der Waals surface area contributed by atoms with Gasteiger partial charge in [0.15, 0.2) is 0 Å². The van der Waals surface area contributed by atoms with Gasteiger partial charge in [-0.1, -0.05) is 23.7 Å². The number of para-hydroxylation sites is 2. The van der Waals surface area contributed by atoms with E-state index in [0.717, 1.165) is 0 Å². The molecule has 0 saturated carbocycles. The number of hydrogen-bond donors (Lipinski definition) is 1. The van der Waals surface area contributed by atoms with Gasteiger partial charge in [0.25, 0.3) is 11.6 Å². The van der Waals surface area contributed by atoms with E-state index >= 15 is 0 Å². The number of carbonyl (C=O) groups excluding carboxylic acids is 1. The minimum atomic E-state index is -0.599. The third-order valence-electron chi connectivity index (χ3n) is 2.20. The van der Waals surface area contributed by atoms with Gasteiger partial charge in [0.05, 0.1) is 17.3 Å². The van der Waals surface area contributed by atoms with Crippen LogP contribution in [0.2, 0.25) is 5.15 Å². The van der Waals surface area contributed by atoms with Gasteiger partial charge in [-0.25, -0.2) is 9.97 Å². The number of nitrogens with zero attached hydrogens (tertiary/aromatic N) is 3. The zero-order valence-corrected chi connectivity index (χ0v) is 10.2. The maximum atomic E-state index is 11.8. The SMILES string of the molecule is O=C(Nc1ccccc1[N+](=O)[O-])c1cnc(Cl)cn1. The van der Waals surface area contributed by atoms with Gasteiger partial charge in [0.2, 0.25) is 0 Å². The average molecular weight is 279 g/mol. The predicted octanol–water partition coefficient (Wildman–Crippen LogP) is 2.29. The second kappa shape index (κ2) is 5.40. The van der Waals surface area contributed by atoms with Crippen molar-refractivity contribution in [3.63, 3.8) is 0 Å². The Bertz CT molecular complexity index is 630. The molecule has 19 heavy (non-hydrogen) atoms. The molecule has 96 valence electrons. The van der Waals surface area contributed by atoms with Gasteiger partial charge >= 0.3 is 0 Å². The van der Waals surface area contributed by atoms with Crippen LogP contribution >= 0.6 is 11.6 Å². The van der Waals surface area contributed by atoms with E-state index in [1.807, 2.05) is 0 Å². The van der Waals surface area contributed by atoms with Crippen molar-refractivity contribution < 1.29 is 9.72 Å². The fraction of sp³-hybridized carbons (Fsp3) is 0. The number of nitro benzene ring substituents is 1. The Morgan fingerprint density at radius 1 is 1.26 bits per heavy atom. The van der Waals surface area contributed by atoms with Crippen molar-refractivity contribution >= 4 is 28.9 Å². The first-order chi connectivity index (χ1) is 9.08. The van der Waals surface area contributed by atoms with Crippen LogP contribution in [0.25, 0.3) is 0 Å². The van der Waals surface area contributed by atoms with E-state index in [0.29, 0.717) is 0 Å². The third kappa shape index (κ3) is 3.02. The number of nitrogens with one attached hydrogen (secondary N) is 1. The van der Waals surface area contributed by atoms with Gasteiger partial charge in [0, 0.05) is 6.07 Å². The summed E-state index contributed by atoms with van der Waals surface area (Å²) >= 11 is 5.55. The quantitative estimate of drug-likeness (QED) is 0.686. The summed E-state index contributed by atoms with van der Waals surface area (Å²) in [6.45, 7) is 0. The Morgan fingerprint density at radius 3 is 2.63 bits per heavy atom. The number of anilines is 1. The van der Waals surface area contributed by atoms with Crippen molar-refractivity contribution in [1.82, 2.24) is 9.97 Å². The van der Waals surface area contributed by atoms with Crippen molar-refractivity contribution in [3.05, 3.63) is 57.6 Å². The minimum Gasteiger partial charge on any atom is -0.315 e. The van der Waals surface area contributed by atoms with E-state index in [2.05, 4.69) is 15.3 Å². The first-order valence-electron chi connectivity index (χ1n) is 5.10. The molecule has 1 N–H and O–H groups in total. The summed E-state index contributed by atoms with van der Waals surface area (Å²) in [5.41, 5.74) is -0.0884. The second-order valence-corrected chi connectivity index (χ2v) is 3.84. The summed E-state index contributed by atoms with van der Waals surface area (Å²) < 4.78 is 0. The molecule has 1 heterocycles. The number of nitro groups is 1. The summed E-state index contributed by atoms with van der Waals surface area (Å²) in [7, 11) is 0. The van der Waals surface area contributed by atoms with Crippen molar-refractivity contribution in [3.8, 4) is 0 Å². The van der Waals surface area contributed by atoms with Crippen LogP contribution in [0, 0.1) is 10.1 Å². The standard InChI is InChI=1S/C11H7ClN4O3/c12-10-6-13-8(5-14-10)11(17)15-7-3-1-2-4-9(7)16(18)19/h1-6H,(H,15,17). The van der Waals surface area contributed by atoms with Crippen LogP contribution in [0.15, 0.2) is 36.7 Å². The zero-order valence-electron chi connectivity index (χ0n) is 9.41. The van der Waals surface area contributed by atoms with Crippen molar-refractivity contribution in [1.29, 1.82) is 0 Å². The molecule has 8 heteroatoms. The fourth-order valence-corrected chi connectivity index (χ4v) is 1.45. The van der Waals surface area contributed by atoms with Crippen LogP contribution in [0.5, 0.6) is 0 Å². The van der Waals surface area contributed by atoms with Gasteiger partial charge in [-0.3, -0.25) is 14.9 Å². The van der Waals surface area contributed by atoms with Gasteiger partial charge in [-0.05, 0) is 6.07 Å². The van der Waals surface area contributed by atoms with E-state index in [9.17, 15) is 14.9 Å². The van der Waals surface area contributed by atoms with Crippen LogP contribution < -0.4 is 5.32 Å². The number of rotatable bonds is 3. The predicted molar refractivity (Wildman–Crippen MR) is 68.1 cm³/mol. The Balaban J connectivity index is 2.24. The normalized spacial score (nSPS) is 9.95. The lowest BCUT2D eigenvalue weighted by atomic mass is 10.2. The summed E-state index contributed by atoms with van der Waals surface area (Å²) in [6, 6.07) is 5.81. The lowest BCUT2D eigenvalue weighted by molar-refractivity contribution is -0.383. The molecule has 1 aromatic carbocycles. The number of amides is 1. The largest absolute Gasteiger partial charge is 0.315 e. The van der Waals surface area contributed by atoms with Gasteiger partial charge in [-0.15, -0.1) is 0 Å². The first-order valence-corrected chi connectivity index (χ1v) is 5.48. The second-order valence-electron chi connectivity index (χ2n) is 3.45. The molecular formula is C11H7ClN4O3. The van der Waals surface area contributed by atoms with E-state index in [4.69, 9.17) is 11.6 Å². The highest BCUT2D eigenvalue weighted by Gasteiger charge is 2.16. The maximum Gasteiger partial charge on any atom is 0.292 e. The Morgan fingerprint density at radius 2 is 2.00 bits per heavy atom. The summed E-state index contributed by atoms with van der Waals surface area (Å²) in [6.07, 6.45) is 2.41. The molecule has 0 aliphatic carbocycles. The molecule has 0 bridgehead atoms. The highest BCUT2D eigenvalue weighted by atomic mass is 35.5. The molecule has 0 aliphatic rings. The number of aromatic nitrogens is 2. The van der Waals surface area contributed by atoms with E-state index < -0.39 is 10.8 Å². The topological polar surface area (TPSA) is 98.0 Å². The van der Waals surface area contributed by atoms with Gasteiger partial charge in [0.1, 0.15) is 16.5 Å². The molecule has 1 amide bonds. The molecular weight excluding hydrogens is 272 g/mol. The average Bonchev–Trinajstić information content (AvgIpc) is 2.39. The monoisotopic (exact) mass is 278 g/mol. The van der Waals surface area contributed by atoms with E-state index in [-0.39, 0.29) is 22.2 Å². The molecule has 0 saturated heterocycles. The molecule has 1 aromatic heterocycles. The smallest absolute Gasteiger partial charge is 0.292 e. The number of benzene rings is 1. The first kappa shape index (κ1) is 12.9. The molecule has 0 aliphatic heterocycles. The third-order valence-corrected chi connectivity index (χ3v) is 2.40. The Hall–Kier alpha value is -2.54. The van der Waals surface area contributed by atoms with Gasteiger partial charge in [-0.2, -0.15) is 0 Å².